The minimum atomic E-state index is -0.206. The lowest BCUT2D eigenvalue weighted by molar-refractivity contribution is 0.958. The van der Waals surface area contributed by atoms with Gasteiger partial charge in [-0.05, 0) is 6.92 Å². The molecule has 0 fully saturated rings. The van der Waals surface area contributed by atoms with E-state index in [1.54, 1.807) is 6.92 Å². The Morgan fingerprint density at radius 1 is 1.82 bits per heavy atom. The van der Waals surface area contributed by atoms with Crippen LogP contribution in [0.1, 0.15) is 11.5 Å². The van der Waals surface area contributed by atoms with Crippen LogP contribution >= 0.6 is 0 Å². The van der Waals surface area contributed by atoms with Crippen molar-refractivity contribution in [2.75, 3.05) is 0 Å². The van der Waals surface area contributed by atoms with Gasteiger partial charge >= 0.3 is 0 Å². The average molecular weight is 149 g/mol. The number of H-pyrrole nitrogens is 1. The highest BCUT2D eigenvalue weighted by atomic mass is 16.1. The van der Waals surface area contributed by atoms with Crippen LogP contribution in [0.5, 0.6) is 0 Å². The molecule has 1 rings (SSSR count). The monoisotopic (exact) mass is 149 g/mol. The van der Waals surface area contributed by atoms with Gasteiger partial charge in [0.2, 0.25) is 0 Å². The normalized spacial score (nSPS) is 9.09. The van der Waals surface area contributed by atoms with Crippen molar-refractivity contribution in [1.82, 2.24) is 9.97 Å². The minimum Gasteiger partial charge on any atom is -0.311 e. The molecule has 0 amide bonds. The Morgan fingerprint density at radius 3 is 3.09 bits per heavy atom. The van der Waals surface area contributed by atoms with Crippen molar-refractivity contribution in [3.63, 3.8) is 0 Å². The summed E-state index contributed by atoms with van der Waals surface area (Å²) in [5.74, 6) is 0.544. The molecule has 0 aliphatic heterocycles. The third-order valence-electron chi connectivity index (χ3n) is 1.17. The first-order chi connectivity index (χ1) is 5.22. The van der Waals surface area contributed by atoms with Gasteiger partial charge in [0.05, 0.1) is 18.2 Å². The topological polar surface area (TPSA) is 69.5 Å². The molecule has 0 aliphatic rings. The van der Waals surface area contributed by atoms with E-state index in [1.807, 2.05) is 6.07 Å². The van der Waals surface area contributed by atoms with Gasteiger partial charge in [-0.25, -0.2) is 4.98 Å². The Kier molecular flexibility index (Phi) is 2.02. The highest BCUT2D eigenvalue weighted by Gasteiger charge is 1.95. The minimum absolute atomic E-state index is 0.185. The molecule has 4 nitrogen and oxygen atoms in total. The van der Waals surface area contributed by atoms with Crippen molar-refractivity contribution in [3.8, 4) is 6.07 Å². The van der Waals surface area contributed by atoms with Gasteiger partial charge in [-0.3, -0.25) is 4.79 Å². The van der Waals surface area contributed by atoms with Crippen LogP contribution in [-0.2, 0) is 6.42 Å². The van der Waals surface area contributed by atoms with E-state index in [1.165, 1.54) is 6.07 Å². The number of nitrogens with zero attached hydrogens (tertiary/aromatic N) is 2. The molecular formula is C7H7N3O. The molecule has 0 atom stereocenters. The second-order valence-corrected chi connectivity index (χ2v) is 2.16. The summed E-state index contributed by atoms with van der Waals surface area (Å²) in [4.78, 5) is 17.2. The van der Waals surface area contributed by atoms with Gasteiger partial charge < -0.3 is 4.98 Å². The maximum atomic E-state index is 10.8. The third kappa shape index (κ3) is 1.90. The summed E-state index contributed by atoms with van der Waals surface area (Å²) in [6.45, 7) is 1.68. The van der Waals surface area contributed by atoms with E-state index in [2.05, 4.69) is 9.97 Å². The van der Waals surface area contributed by atoms with Crippen LogP contribution in [-0.4, -0.2) is 9.97 Å². The lowest BCUT2D eigenvalue weighted by atomic mass is 10.3. The average Bonchev–Trinajstić information content (AvgIpc) is 1.85. The Hall–Kier alpha value is -1.63. The number of aromatic nitrogens is 2. The van der Waals surface area contributed by atoms with Gasteiger partial charge in [0.15, 0.2) is 0 Å². The SMILES string of the molecule is Cc1nc(CC#N)cc(=O)[nH]1. The lowest BCUT2D eigenvalue weighted by Crippen LogP contribution is -2.09. The van der Waals surface area contributed by atoms with E-state index in [0.717, 1.165) is 0 Å². The van der Waals surface area contributed by atoms with E-state index in [-0.39, 0.29) is 12.0 Å². The summed E-state index contributed by atoms with van der Waals surface area (Å²) in [6, 6.07) is 3.25. The molecule has 1 aromatic heterocycles. The number of nitriles is 1. The Balaban J connectivity index is 3.11. The summed E-state index contributed by atoms with van der Waals surface area (Å²) >= 11 is 0. The summed E-state index contributed by atoms with van der Waals surface area (Å²) in [6.07, 6.45) is 0.185. The second kappa shape index (κ2) is 2.97. The molecule has 0 unspecified atom stereocenters. The molecular weight excluding hydrogens is 142 g/mol. The molecule has 0 saturated carbocycles. The van der Waals surface area contributed by atoms with Gasteiger partial charge in [-0.2, -0.15) is 5.26 Å². The Morgan fingerprint density at radius 2 is 2.55 bits per heavy atom. The number of nitrogens with one attached hydrogen (secondary N) is 1. The van der Waals surface area contributed by atoms with E-state index in [9.17, 15) is 4.79 Å². The predicted molar refractivity (Wildman–Crippen MR) is 38.9 cm³/mol. The summed E-state index contributed by atoms with van der Waals surface area (Å²) in [5, 5.41) is 8.30. The van der Waals surface area contributed by atoms with E-state index < -0.39 is 0 Å². The number of aryl methyl sites for hydroxylation is 1. The number of aromatic amines is 1. The van der Waals surface area contributed by atoms with Crippen LogP contribution in [0, 0.1) is 18.3 Å². The smallest absolute Gasteiger partial charge is 0.251 e. The van der Waals surface area contributed by atoms with Gasteiger partial charge in [0.1, 0.15) is 5.82 Å². The fourth-order valence-electron chi connectivity index (χ4n) is 0.813. The summed E-state index contributed by atoms with van der Waals surface area (Å²) in [5.41, 5.74) is 0.316. The molecule has 0 spiro atoms. The largest absolute Gasteiger partial charge is 0.311 e. The zero-order valence-electron chi connectivity index (χ0n) is 6.09. The molecule has 0 radical (unpaired) electrons. The van der Waals surface area contributed by atoms with E-state index in [4.69, 9.17) is 5.26 Å². The first-order valence-corrected chi connectivity index (χ1v) is 3.16. The molecule has 0 aromatic carbocycles. The zero-order valence-corrected chi connectivity index (χ0v) is 6.09. The maximum Gasteiger partial charge on any atom is 0.251 e. The van der Waals surface area contributed by atoms with Crippen molar-refractivity contribution >= 4 is 0 Å². The summed E-state index contributed by atoms with van der Waals surface area (Å²) < 4.78 is 0. The molecule has 1 N–H and O–H groups in total. The van der Waals surface area contributed by atoms with Crippen molar-refractivity contribution in [2.24, 2.45) is 0 Å². The molecule has 4 heteroatoms. The van der Waals surface area contributed by atoms with E-state index in [0.29, 0.717) is 11.5 Å². The van der Waals surface area contributed by atoms with Gasteiger partial charge in [0.25, 0.3) is 5.56 Å². The van der Waals surface area contributed by atoms with Crippen molar-refractivity contribution in [3.05, 3.63) is 27.9 Å². The van der Waals surface area contributed by atoms with Crippen LogP contribution in [0.3, 0.4) is 0 Å². The maximum absolute atomic E-state index is 10.8. The van der Waals surface area contributed by atoms with Crippen LogP contribution in [0.15, 0.2) is 10.9 Å². The first kappa shape index (κ1) is 7.48. The highest BCUT2D eigenvalue weighted by molar-refractivity contribution is 5.06. The molecule has 1 aromatic rings. The van der Waals surface area contributed by atoms with Gasteiger partial charge in [0, 0.05) is 6.07 Å². The molecule has 1 heterocycles. The zero-order chi connectivity index (χ0) is 8.27. The van der Waals surface area contributed by atoms with Gasteiger partial charge in [-0.1, -0.05) is 0 Å². The van der Waals surface area contributed by atoms with Crippen LogP contribution < -0.4 is 5.56 Å². The number of hydrogen-bond donors (Lipinski definition) is 1. The molecule has 0 bridgehead atoms. The standard InChI is InChI=1S/C7H7N3O/c1-5-9-6(2-3-8)4-7(11)10-5/h4H,2H2,1H3,(H,9,10,11). The number of rotatable bonds is 1. The molecule has 0 saturated heterocycles. The molecule has 11 heavy (non-hydrogen) atoms. The fraction of sp³-hybridized carbons (Fsp3) is 0.286. The highest BCUT2D eigenvalue weighted by Crippen LogP contribution is 1.90. The fourth-order valence-corrected chi connectivity index (χ4v) is 0.813. The third-order valence-corrected chi connectivity index (χ3v) is 1.17. The second-order valence-electron chi connectivity index (χ2n) is 2.16. The number of hydrogen-bond acceptors (Lipinski definition) is 3. The quantitative estimate of drug-likeness (QED) is 0.617. The van der Waals surface area contributed by atoms with Crippen molar-refractivity contribution in [2.45, 2.75) is 13.3 Å². The van der Waals surface area contributed by atoms with E-state index >= 15 is 0 Å². The first-order valence-electron chi connectivity index (χ1n) is 3.16. The lowest BCUT2D eigenvalue weighted by Gasteiger charge is -1.93. The predicted octanol–water partition coefficient (Wildman–Crippen LogP) is 0.144. The van der Waals surface area contributed by atoms with Crippen LogP contribution in [0.2, 0.25) is 0 Å². The van der Waals surface area contributed by atoms with Gasteiger partial charge in [-0.15, -0.1) is 0 Å². The molecule has 0 aliphatic carbocycles. The van der Waals surface area contributed by atoms with Crippen LogP contribution in [0.4, 0.5) is 0 Å². The summed E-state index contributed by atoms with van der Waals surface area (Å²) in [7, 11) is 0. The van der Waals surface area contributed by atoms with Crippen molar-refractivity contribution in [1.29, 1.82) is 5.26 Å². The molecule has 56 valence electrons. The Bertz CT molecular complexity index is 347. The van der Waals surface area contributed by atoms with Crippen molar-refractivity contribution < 1.29 is 0 Å². The Labute approximate surface area is 63.5 Å². The van der Waals surface area contributed by atoms with Crippen LogP contribution in [0.25, 0.3) is 0 Å².